The van der Waals surface area contributed by atoms with Gasteiger partial charge in [0.2, 0.25) is 0 Å². The summed E-state index contributed by atoms with van der Waals surface area (Å²) in [5, 5.41) is 8.32. The van der Waals surface area contributed by atoms with E-state index in [1.165, 1.54) is 0 Å². The summed E-state index contributed by atoms with van der Waals surface area (Å²) in [6.45, 7) is 0.238. The molecule has 9 heavy (non-hydrogen) atoms. The summed E-state index contributed by atoms with van der Waals surface area (Å²) in [7, 11) is 0. The molecule has 6 heteroatoms. The minimum Gasteiger partial charge on any atom is -0.480 e. The number of hydrogen-bond donors (Lipinski definition) is 5. The van der Waals surface area contributed by atoms with Crippen LogP contribution in [0.3, 0.4) is 0 Å². The second kappa shape index (κ2) is 4.92. The maximum atomic E-state index is 10.1. The Hall–Kier alpha value is 0.0900. The molecule has 0 aromatic rings. The summed E-state index contributed by atoms with van der Waals surface area (Å²) >= 11 is 7.21. The number of thiol groups is 2. The molecule has 3 N–H and O–H groups in total. The maximum Gasteiger partial charge on any atom is 0.322 e. The Balaban J connectivity index is 3.54. The SMILES string of the molecule is O=C(O)C(CNS)NS. The third kappa shape index (κ3) is 3.63. The fourth-order valence-corrected chi connectivity index (χ4v) is 0.664. The van der Waals surface area contributed by atoms with Crippen LogP contribution in [-0.4, -0.2) is 23.7 Å². The van der Waals surface area contributed by atoms with Gasteiger partial charge in [-0.2, -0.15) is 0 Å². The monoisotopic (exact) mass is 168 g/mol. The standard InChI is InChI=1S/C3H8N2O2S2/c6-3(7)2(5-9)1-4-8/h2,4-5,8-9H,1H2,(H,6,7). The highest BCUT2D eigenvalue weighted by Gasteiger charge is 2.12. The molecule has 0 aliphatic heterocycles. The van der Waals surface area contributed by atoms with Gasteiger partial charge in [0.25, 0.3) is 0 Å². The largest absolute Gasteiger partial charge is 0.480 e. The van der Waals surface area contributed by atoms with Crippen molar-refractivity contribution in [3.63, 3.8) is 0 Å². The van der Waals surface area contributed by atoms with Gasteiger partial charge in [-0.3, -0.25) is 14.2 Å². The molecule has 4 nitrogen and oxygen atoms in total. The molecule has 0 heterocycles. The van der Waals surface area contributed by atoms with E-state index in [-0.39, 0.29) is 6.54 Å². The van der Waals surface area contributed by atoms with Gasteiger partial charge in [-0.15, -0.1) is 0 Å². The molecular weight excluding hydrogens is 160 g/mol. The van der Waals surface area contributed by atoms with E-state index in [1.54, 1.807) is 0 Å². The van der Waals surface area contributed by atoms with E-state index in [9.17, 15) is 4.79 Å². The normalized spacial score (nSPS) is 13.1. The molecule has 1 atom stereocenters. The fourth-order valence-electron chi connectivity index (χ4n) is 0.279. The van der Waals surface area contributed by atoms with Crippen LogP contribution < -0.4 is 9.44 Å². The summed E-state index contributed by atoms with van der Waals surface area (Å²) < 4.78 is 4.69. The van der Waals surface area contributed by atoms with Gasteiger partial charge in [-0.1, -0.05) is 25.6 Å². The Morgan fingerprint density at radius 3 is 2.33 bits per heavy atom. The van der Waals surface area contributed by atoms with Crippen LogP contribution in [0, 0.1) is 0 Å². The van der Waals surface area contributed by atoms with Crippen LogP contribution in [0.1, 0.15) is 0 Å². The molecule has 54 valence electrons. The molecule has 0 radical (unpaired) electrons. The van der Waals surface area contributed by atoms with E-state index in [1.807, 2.05) is 0 Å². The lowest BCUT2D eigenvalue weighted by Crippen LogP contribution is -2.37. The lowest BCUT2D eigenvalue weighted by atomic mass is 10.3. The van der Waals surface area contributed by atoms with Gasteiger partial charge in [0, 0.05) is 6.54 Å². The second-order valence-electron chi connectivity index (χ2n) is 1.38. The van der Waals surface area contributed by atoms with Crippen molar-refractivity contribution in [2.75, 3.05) is 6.54 Å². The van der Waals surface area contributed by atoms with Crippen molar-refractivity contribution in [2.24, 2.45) is 0 Å². The highest BCUT2D eigenvalue weighted by atomic mass is 32.1. The third-order valence-corrected chi connectivity index (χ3v) is 1.24. The first-order valence-electron chi connectivity index (χ1n) is 2.21. The predicted molar refractivity (Wildman–Crippen MR) is 40.5 cm³/mol. The summed E-state index contributed by atoms with van der Waals surface area (Å²) in [5.41, 5.74) is 0. The Labute approximate surface area is 64.1 Å². The average Bonchev–Trinajstić information content (AvgIpc) is 1.82. The van der Waals surface area contributed by atoms with Crippen molar-refractivity contribution in [1.82, 2.24) is 9.44 Å². The number of aliphatic carboxylic acids is 1. The van der Waals surface area contributed by atoms with Gasteiger partial charge in [0.1, 0.15) is 6.04 Å². The molecule has 0 amide bonds. The third-order valence-electron chi connectivity index (χ3n) is 0.749. The van der Waals surface area contributed by atoms with Gasteiger partial charge in [-0.25, -0.2) is 0 Å². The van der Waals surface area contributed by atoms with Gasteiger partial charge in [0.15, 0.2) is 0 Å². The number of carboxylic acid groups (broad SMARTS) is 1. The predicted octanol–water partition coefficient (Wildman–Crippen LogP) is -0.692. The van der Waals surface area contributed by atoms with Crippen molar-refractivity contribution in [2.45, 2.75) is 6.04 Å². The number of carboxylic acids is 1. The second-order valence-corrected chi connectivity index (χ2v) is 1.96. The van der Waals surface area contributed by atoms with Crippen LogP contribution in [0.2, 0.25) is 0 Å². The van der Waals surface area contributed by atoms with E-state index in [0.29, 0.717) is 0 Å². The lowest BCUT2D eigenvalue weighted by molar-refractivity contribution is -0.138. The molecule has 0 rings (SSSR count). The minimum atomic E-state index is -0.952. The smallest absolute Gasteiger partial charge is 0.322 e. The summed E-state index contributed by atoms with van der Waals surface area (Å²) in [4.78, 5) is 10.1. The highest BCUT2D eigenvalue weighted by Crippen LogP contribution is 1.83. The number of carbonyl (C=O) groups is 1. The molecule has 0 aliphatic rings. The number of rotatable bonds is 4. The van der Waals surface area contributed by atoms with Crippen molar-refractivity contribution in [3.05, 3.63) is 0 Å². The topological polar surface area (TPSA) is 61.4 Å². The molecule has 1 unspecified atom stereocenters. The van der Waals surface area contributed by atoms with Crippen LogP contribution in [0.15, 0.2) is 0 Å². The van der Waals surface area contributed by atoms with E-state index < -0.39 is 12.0 Å². The highest BCUT2D eigenvalue weighted by molar-refractivity contribution is 7.78. The van der Waals surface area contributed by atoms with E-state index in [0.717, 1.165) is 0 Å². The molecule has 0 bridgehead atoms. The molecule has 0 spiro atoms. The van der Waals surface area contributed by atoms with Crippen LogP contribution >= 0.6 is 25.6 Å². The molecule has 0 saturated carbocycles. The van der Waals surface area contributed by atoms with Crippen LogP contribution in [0.25, 0.3) is 0 Å². The first-order valence-corrected chi connectivity index (χ1v) is 3.11. The van der Waals surface area contributed by atoms with Crippen molar-refractivity contribution in [3.8, 4) is 0 Å². The Kier molecular flexibility index (Phi) is 4.97. The molecule has 0 aliphatic carbocycles. The summed E-state index contributed by atoms with van der Waals surface area (Å²) in [6, 6.07) is -0.689. The zero-order valence-electron chi connectivity index (χ0n) is 4.53. The van der Waals surface area contributed by atoms with Gasteiger partial charge in [0.05, 0.1) is 0 Å². The van der Waals surface area contributed by atoms with Crippen LogP contribution in [0.5, 0.6) is 0 Å². The Morgan fingerprint density at radius 2 is 2.22 bits per heavy atom. The summed E-state index contributed by atoms with van der Waals surface area (Å²) in [5.74, 6) is -0.952. The molecule has 0 saturated heterocycles. The van der Waals surface area contributed by atoms with Gasteiger partial charge in [-0.05, 0) is 0 Å². The summed E-state index contributed by atoms with van der Waals surface area (Å²) in [6.07, 6.45) is 0. The van der Waals surface area contributed by atoms with Crippen LogP contribution in [-0.2, 0) is 4.79 Å². The van der Waals surface area contributed by atoms with Gasteiger partial charge >= 0.3 is 5.97 Å². The average molecular weight is 168 g/mol. The first-order chi connectivity index (χ1) is 4.22. The fraction of sp³-hybridized carbons (Fsp3) is 0.667. The van der Waals surface area contributed by atoms with Crippen LogP contribution in [0.4, 0.5) is 0 Å². The molecule has 0 aromatic carbocycles. The van der Waals surface area contributed by atoms with Crippen molar-refractivity contribution in [1.29, 1.82) is 0 Å². The number of nitrogens with one attached hydrogen (secondary N) is 2. The van der Waals surface area contributed by atoms with Crippen molar-refractivity contribution < 1.29 is 9.90 Å². The Morgan fingerprint density at radius 1 is 1.67 bits per heavy atom. The van der Waals surface area contributed by atoms with E-state index >= 15 is 0 Å². The van der Waals surface area contributed by atoms with E-state index in [4.69, 9.17) is 5.11 Å². The molecule has 0 aromatic heterocycles. The Bertz CT molecular complexity index is 99.8. The number of hydrogen-bond acceptors (Lipinski definition) is 5. The zero-order chi connectivity index (χ0) is 7.28. The molecular formula is C3H8N2O2S2. The maximum absolute atomic E-state index is 10.1. The first kappa shape index (κ1) is 9.09. The molecule has 0 fully saturated rings. The van der Waals surface area contributed by atoms with Crippen molar-refractivity contribution >= 4 is 31.6 Å². The zero-order valence-corrected chi connectivity index (χ0v) is 6.32. The van der Waals surface area contributed by atoms with E-state index in [2.05, 4.69) is 35.1 Å². The van der Waals surface area contributed by atoms with Gasteiger partial charge < -0.3 is 5.11 Å². The minimum absolute atomic E-state index is 0.238. The lowest BCUT2D eigenvalue weighted by Gasteiger charge is -2.07. The quantitative estimate of drug-likeness (QED) is 0.361.